The van der Waals surface area contributed by atoms with Gasteiger partial charge in [0.2, 0.25) is 0 Å². The van der Waals surface area contributed by atoms with Crippen molar-refractivity contribution in [2.24, 2.45) is 5.10 Å². The first kappa shape index (κ1) is 20.0. The third-order valence-corrected chi connectivity index (χ3v) is 4.30. The molecule has 1 N–H and O–H groups in total. The largest absolute Gasteiger partial charge is 0.489 e. The quantitative estimate of drug-likeness (QED) is 0.351. The highest BCUT2D eigenvalue weighted by atomic mass is 35.5. The van der Waals surface area contributed by atoms with E-state index < -0.39 is 10.8 Å². The summed E-state index contributed by atoms with van der Waals surface area (Å²) in [6.45, 7) is 0.314. The number of hydrogen-bond acceptors (Lipinski definition) is 5. The Hall–Kier alpha value is -3.71. The topological polar surface area (TPSA) is 93.8 Å². The number of nitrogens with one attached hydrogen (secondary N) is 1. The summed E-state index contributed by atoms with van der Waals surface area (Å²) >= 11 is 6.12. The molecule has 0 fully saturated rings. The minimum Gasteiger partial charge on any atom is -0.489 e. The van der Waals surface area contributed by atoms with Gasteiger partial charge in [0.25, 0.3) is 11.6 Å². The molecular weight excluding hydrogens is 394 g/mol. The molecule has 7 nitrogen and oxygen atoms in total. The Labute approximate surface area is 171 Å². The third-order valence-electron chi connectivity index (χ3n) is 3.94. The van der Waals surface area contributed by atoms with Gasteiger partial charge in [-0.2, -0.15) is 5.10 Å². The fraction of sp³-hybridized carbons (Fsp3) is 0.0476. The van der Waals surface area contributed by atoms with Crippen molar-refractivity contribution in [3.8, 4) is 5.75 Å². The summed E-state index contributed by atoms with van der Waals surface area (Å²) in [5.74, 6) is -0.0569. The Morgan fingerprint density at radius 3 is 2.66 bits per heavy atom. The maximum Gasteiger partial charge on any atom is 0.282 e. The highest BCUT2D eigenvalue weighted by Gasteiger charge is 2.18. The Morgan fingerprint density at radius 1 is 1.10 bits per heavy atom. The van der Waals surface area contributed by atoms with E-state index in [1.807, 2.05) is 18.2 Å². The number of carbonyl (C=O) groups is 1. The molecule has 0 unspecified atom stereocenters. The van der Waals surface area contributed by atoms with E-state index in [1.54, 1.807) is 36.4 Å². The van der Waals surface area contributed by atoms with Crippen LogP contribution >= 0.6 is 11.6 Å². The lowest BCUT2D eigenvalue weighted by Gasteiger charge is -2.08. The van der Waals surface area contributed by atoms with Crippen LogP contribution < -0.4 is 10.2 Å². The zero-order valence-corrected chi connectivity index (χ0v) is 15.9. The number of rotatable bonds is 7. The predicted molar refractivity (Wildman–Crippen MR) is 110 cm³/mol. The molecule has 0 aliphatic carbocycles. The number of halogens is 1. The molecule has 0 aliphatic heterocycles. The molecule has 0 heterocycles. The van der Waals surface area contributed by atoms with Crippen molar-refractivity contribution in [1.82, 2.24) is 5.43 Å². The van der Waals surface area contributed by atoms with Crippen molar-refractivity contribution in [2.75, 3.05) is 0 Å². The van der Waals surface area contributed by atoms with E-state index in [-0.39, 0.29) is 11.3 Å². The molecule has 3 rings (SSSR count). The number of hydrogen-bond donors (Lipinski definition) is 1. The van der Waals surface area contributed by atoms with Gasteiger partial charge in [-0.3, -0.25) is 14.9 Å². The van der Waals surface area contributed by atoms with Crippen LogP contribution in [0.25, 0.3) is 0 Å². The molecule has 3 aromatic carbocycles. The molecule has 1 amide bonds. The van der Waals surface area contributed by atoms with Crippen LogP contribution in [0.4, 0.5) is 5.69 Å². The molecule has 0 aliphatic rings. The fourth-order valence-corrected chi connectivity index (χ4v) is 2.70. The molecule has 29 heavy (non-hydrogen) atoms. The van der Waals surface area contributed by atoms with Gasteiger partial charge in [0, 0.05) is 16.7 Å². The monoisotopic (exact) mass is 409 g/mol. The molecule has 0 atom stereocenters. The number of nitro groups is 1. The molecule has 8 heteroatoms. The van der Waals surface area contributed by atoms with Crippen LogP contribution in [0, 0.1) is 10.1 Å². The number of para-hydroxylation sites is 1. The highest BCUT2D eigenvalue weighted by Crippen LogP contribution is 2.19. The first-order valence-electron chi connectivity index (χ1n) is 8.57. The molecule has 3 aromatic rings. The number of nitro benzene ring substituents is 1. The van der Waals surface area contributed by atoms with E-state index >= 15 is 0 Å². The van der Waals surface area contributed by atoms with E-state index in [1.165, 1.54) is 24.4 Å². The summed E-state index contributed by atoms with van der Waals surface area (Å²) in [5.41, 5.74) is 3.50. The number of nitrogens with zero attached hydrogens (tertiary/aromatic N) is 2. The smallest absolute Gasteiger partial charge is 0.282 e. The predicted octanol–water partition coefficient (Wildman–Crippen LogP) is 4.59. The Bertz CT molecular complexity index is 1070. The fourth-order valence-electron chi connectivity index (χ4n) is 2.51. The molecule has 0 saturated carbocycles. The Balaban J connectivity index is 1.63. The molecule has 0 spiro atoms. The van der Waals surface area contributed by atoms with E-state index in [0.717, 1.165) is 5.56 Å². The first-order chi connectivity index (χ1) is 14.0. The molecule has 0 saturated heterocycles. The Kier molecular flexibility index (Phi) is 6.55. The summed E-state index contributed by atoms with van der Waals surface area (Å²) in [5, 5.41) is 15.5. The number of amides is 1. The number of ether oxygens (including phenoxy) is 1. The van der Waals surface area contributed by atoms with Crippen LogP contribution in [0.2, 0.25) is 5.02 Å². The van der Waals surface area contributed by atoms with Crippen LogP contribution in [0.1, 0.15) is 21.5 Å². The molecule has 0 bridgehead atoms. The van der Waals surface area contributed by atoms with Gasteiger partial charge in [0.15, 0.2) is 0 Å². The van der Waals surface area contributed by atoms with Crippen molar-refractivity contribution in [1.29, 1.82) is 0 Å². The van der Waals surface area contributed by atoms with E-state index in [9.17, 15) is 14.9 Å². The zero-order chi connectivity index (χ0) is 20.6. The average molecular weight is 410 g/mol. The van der Waals surface area contributed by atoms with Crippen molar-refractivity contribution >= 4 is 29.4 Å². The SMILES string of the molecule is O=C(N/N=C\c1cccc(OCc2ccccc2Cl)c1)c1ccccc1[N+](=O)[O-]. The van der Waals surface area contributed by atoms with Gasteiger partial charge in [-0.1, -0.05) is 54.1 Å². The average Bonchev–Trinajstić information content (AvgIpc) is 2.73. The standard InChI is InChI=1S/C21H16ClN3O4/c22-19-10-3-1-7-16(19)14-29-17-8-5-6-15(12-17)13-23-24-21(26)18-9-2-4-11-20(18)25(27)28/h1-13H,14H2,(H,24,26)/b23-13-. The zero-order valence-electron chi connectivity index (χ0n) is 15.1. The minimum absolute atomic E-state index is 0.0635. The summed E-state index contributed by atoms with van der Waals surface area (Å²) in [6.07, 6.45) is 1.43. The molecular formula is C21H16ClN3O4. The van der Waals surface area contributed by atoms with Gasteiger partial charge < -0.3 is 4.74 Å². The molecule has 0 radical (unpaired) electrons. The number of benzene rings is 3. The van der Waals surface area contributed by atoms with Gasteiger partial charge in [0.1, 0.15) is 17.9 Å². The van der Waals surface area contributed by atoms with Crippen LogP contribution in [0.3, 0.4) is 0 Å². The van der Waals surface area contributed by atoms with E-state index in [4.69, 9.17) is 16.3 Å². The van der Waals surface area contributed by atoms with Crippen molar-refractivity contribution in [3.63, 3.8) is 0 Å². The van der Waals surface area contributed by atoms with Crippen LogP contribution in [0.15, 0.2) is 77.9 Å². The number of carbonyl (C=O) groups excluding carboxylic acids is 1. The van der Waals surface area contributed by atoms with Gasteiger partial charge in [-0.15, -0.1) is 0 Å². The molecule has 0 aromatic heterocycles. The van der Waals surface area contributed by atoms with Crippen LogP contribution in [-0.2, 0) is 6.61 Å². The van der Waals surface area contributed by atoms with Crippen LogP contribution in [0.5, 0.6) is 5.75 Å². The van der Waals surface area contributed by atoms with Crippen molar-refractivity contribution in [3.05, 3.63) is 105 Å². The third kappa shape index (κ3) is 5.40. The number of hydrazone groups is 1. The lowest BCUT2D eigenvalue weighted by Crippen LogP contribution is -2.18. The summed E-state index contributed by atoms with van der Waals surface area (Å²) in [7, 11) is 0. The van der Waals surface area contributed by atoms with Gasteiger partial charge in [-0.25, -0.2) is 5.43 Å². The Morgan fingerprint density at radius 2 is 1.86 bits per heavy atom. The van der Waals surface area contributed by atoms with E-state index in [2.05, 4.69) is 10.5 Å². The van der Waals surface area contributed by atoms with Gasteiger partial charge >= 0.3 is 0 Å². The maximum atomic E-state index is 12.2. The van der Waals surface area contributed by atoms with Crippen molar-refractivity contribution < 1.29 is 14.5 Å². The van der Waals surface area contributed by atoms with Gasteiger partial charge in [-0.05, 0) is 29.8 Å². The second-order valence-corrected chi connectivity index (χ2v) is 6.33. The molecule has 146 valence electrons. The summed E-state index contributed by atoms with van der Waals surface area (Å²) < 4.78 is 5.74. The lowest BCUT2D eigenvalue weighted by molar-refractivity contribution is -0.385. The first-order valence-corrected chi connectivity index (χ1v) is 8.95. The minimum atomic E-state index is -0.667. The van der Waals surface area contributed by atoms with Crippen molar-refractivity contribution in [2.45, 2.75) is 6.61 Å². The summed E-state index contributed by atoms with van der Waals surface area (Å²) in [4.78, 5) is 22.5. The maximum absolute atomic E-state index is 12.2. The normalized spacial score (nSPS) is 10.7. The summed E-state index contributed by atoms with van der Waals surface area (Å²) in [6, 6.07) is 20.2. The van der Waals surface area contributed by atoms with Gasteiger partial charge in [0.05, 0.1) is 11.1 Å². The second kappa shape index (κ2) is 9.48. The van der Waals surface area contributed by atoms with E-state index in [0.29, 0.717) is 22.9 Å². The highest BCUT2D eigenvalue weighted by molar-refractivity contribution is 6.31. The van der Waals surface area contributed by atoms with Crippen LogP contribution in [-0.4, -0.2) is 17.0 Å². The second-order valence-electron chi connectivity index (χ2n) is 5.93. The lowest BCUT2D eigenvalue weighted by atomic mass is 10.2.